The molecule has 0 radical (unpaired) electrons. The summed E-state index contributed by atoms with van der Waals surface area (Å²) in [5.41, 5.74) is 8.82. The highest BCUT2D eigenvalue weighted by Gasteiger charge is 2.12. The molecule has 20 heavy (non-hydrogen) atoms. The van der Waals surface area contributed by atoms with Crippen molar-refractivity contribution in [2.75, 3.05) is 5.73 Å². The van der Waals surface area contributed by atoms with Crippen LogP contribution in [0.3, 0.4) is 0 Å². The average molecular weight is 261 g/mol. The Morgan fingerprint density at radius 1 is 0.950 bits per heavy atom. The number of hydrogen-bond donors (Lipinski definition) is 1. The Labute approximate surface area is 117 Å². The van der Waals surface area contributed by atoms with Crippen LogP contribution < -0.4 is 5.73 Å². The van der Waals surface area contributed by atoms with E-state index in [1.807, 2.05) is 42.5 Å². The maximum atomic E-state index is 12.5. The van der Waals surface area contributed by atoms with Gasteiger partial charge in [0.1, 0.15) is 0 Å². The van der Waals surface area contributed by atoms with Gasteiger partial charge < -0.3 is 5.73 Å². The van der Waals surface area contributed by atoms with Gasteiger partial charge in [-0.05, 0) is 41.5 Å². The number of anilines is 1. The van der Waals surface area contributed by atoms with Crippen molar-refractivity contribution in [1.29, 1.82) is 0 Å². The predicted octanol–water partition coefficient (Wildman–Crippen LogP) is 3.96. The van der Waals surface area contributed by atoms with E-state index in [9.17, 15) is 4.79 Å². The number of para-hydroxylation sites is 1. The van der Waals surface area contributed by atoms with E-state index in [2.05, 4.69) is 13.0 Å². The molecule has 0 saturated heterocycles. The Kier molecular flexibility index (Phi) is 2.99. The molecule has 0 aromatic heterocycles. The van der Waals surface area contributed by atoms with Crippen molar-refractivity contribution in [2.45, 2.75) is 6.92 Å². The highest BCUT2D eigenvalue weighted by Crippen LogP contribution is 2.22. The number of nitrogen functional groups attached to an aromatic ring is 1. The van der Waals surface area contributed by atoms with Gasteiger partial charge in [0.05, 0.1) is 0 Å². The second-order valence-corrected chi connectivity index (χ2v) is 4.93. The number of carbonyl (C=O) groups excluding carboxylic acids is 1. The Hall–Kier alpha value is -2.61. The number of ketones is 1. The van der Waals surface area contributed by atoms with E-state index in [1.165, 1.54) is 10.9 Å². The van der Waals surface area contributed by atoms with Gasteiger partial charge in [-0.25, -0.2) is 0 Å². The summed E-state index contributed by atoms with van der Waals surface area (Å²) in [5.74, 6) is -0.0356. The van der Waals surface area contributed by atoms with Gasteiger partial charge in [0.2, 0.25) is 0 Å². The van der Waals surface area contributed by atoms with Crippen LogP contribution in [0.4, 0.5) is 5.69 Å². The van der Waals surface area contributed by atoms with Crippen LogP contribution in [0.5, 0.6) is 0 Å². The van der Waals surface area contributed by atoms with E-state index >= 15 is 0 Å². The Morgan fingerprint density at radius 3 is 2.55 bits per heavy atom. The molecule has 0 aliphatic heterocycles. The van der Waals surface area contributed by atoms with E-state index in [-0.39, 0.29) is 5.78 Å². The first-order valence-electron chi connectivity index (χ1n) is 6.55. The number of aryl methyl sites for hydroxylation is 1. The summed E-state index contributed by atoms with van der Waals surface area (Å²) in [4.78, 5) is 12.5. The molecule has 2 N–H and O–H groups in total. The summed E-state index contributed by atoms with van der Waals surface area (Å²) in [5, 5.41) is 2.25. The Morgan fingerprint density at radius 2 is 1.75 bits per heavy atom. The van der Waals surface area contributed by atoms with Crippen LogP contribution >= 0.6 is 0 Å². The minimum absolute atomic E-state index is 0.0356. The SMILES string of the molecule is Cc1cccc2cc(C(=O)c3ccccc3N)ccc12. The molecule has 0 spiro atoms. The topological polar surface area (TPSA) is 43.1 Å². The third-order valence-electron chi connectivity index (χ3n) is 3.57. The molecule has 0 amide bonds. The number of nitrogens with two attached hydrogens (primary N) is 1. The summed E-state index contributed by atoms with van der Waals surface area (Å²) in [6, 6.07) is 19.1. The zero-order valence-corrected chi connectivity index (χ0v) is 11.3. The molecule has 2 heteroatoms. The lowest BCUT2D eigenvalue weighted by atomic mass is 9.97. The lowest BCUT2D eigenvalue weighted by Gasteiger charge is -2.07. The van der Waals surface area contributed by atoms with Crippen molar-refractivity contribution in [3.63, 3.8) is 0 Å². The zero-order valence-electron chi connectivity index (χ0n) is 11.3. The van der Waals surface area contributed by atoms with Gasteiger partial charge in [-0.3, -0.25) is 4.79 Å². The number of benzene rings is 3. The highest BCUT2D eigenvalue weighted by molar-refractivity contribution is 6.13. The molecule has 98 valence electrons. The number of rotatable bonds is 2. The summed E-state index contributed by atoms with van der Waals surface area (Å²) in [7, 11) is 0. The van der Waals surface area contributed by atoms with Gasteiger partial charge in [0.25, 0.3) is 0 Å². The van der Waals surface area contributed by atoms with Gasteiger partial charge in [-0.1, -0.05) is 42.5 Å². The van der Waals surface area contributed by atoms with Gasteiger partial charge in [0.15, 0.2) is 5.78 Å². The molecule has 2 nitrogen and oxygen atoms in total. The van der Waals surface area contributed by atoms with Crippen molar-refractivity contribution in [3.05, 3.63) is 77.4 Å². The van der Waals surface area contributed by atoms with Crippen molar-refractivity contribution < 1.29 is 4.79 Å². The quantitative estimate of drug-likeness (QED) is 0.560. The fraction of sp³-hybridized carbons (Fsp3) is 0.0556. The Bertz CT molecular complexity index is 805. The van der Waals surface area contributed by atoms with Crippen molar-refractivity contribution in [2.24, 2.45) is 0 Å². The van der Waals surface area contributed by atoms with Crippen LogP contribution in [0, 0.1) is 6.92 Å². The van der Waals surface area contributed by atoms with Crippen molar-refractivity contribution in [1.82, 2.24) is 0 Å². The molecule has 0 aliphatic carbocycles. The van der Waals surface area contributed by atoms with Gasteiger partial charge in [-0.15, -0.1) is 0 Å². The van der Waals surface area contributed by atoms with E-state index in [0.717, 1.165) is 5.39 Å². The molecule has 0 heterocycles. The lowest BCUT2D eigenvalue weighted by Crippen LogP contribution is -2.05. The van der Waals surface area contributed by atoms with E-state index in [1.54, 1.807) is 12.1 Å². The molecule has 0 saturated carbocycles. The maximum absolute atomic E-state index is 12.5. The normalized spacial score (nSPS) is 10.7. The van der Waals surface area contributed by atoms with Gasteiger partial charge in [0, 0.05) is 16.8 Å². The third kappa shape index (κ3) is 2.05. The summed E-state index contributed by atoms with van der Waals surface area (Å²) >= 11 is 0. The molecule has 3 aromatic carbocycles. The summed E-state index contributed by atoms with van der Waals surface area (Å²) in [6.45, 7) is 2.07. The van der Waals surface area contributed by atoms with E-state index in [4.69, 9.17) is 5.73 Å². The predicted molar refractivity (Wildman–Crippen MR) is 83.0 cm³/mol. The minimum Gasteiger partial charge on any atom is -0.398 e. The van der Waals surface area contributed by atoms with Crippen LogP contribution in [0.15, 0.2) is 60.7 Å². The van der Waals surface area contributed by atoms with Crippen molar-refractivity contribution >= 4 is 22.2 Å². The van der Waals surface area contributed by atoms with E-state index < -0.39 is 0 Å². The van der Waals surface area contributed by atoms with Crippen LogP contribution in [0.2, 0.25) is 0 Å². The zero-order chi connectivity index (χ0) is 14.1. The molecule has 0 atom stereocenters. The largest absolute Gasteiger partial charge is 0.398 e. The highest BCUT2D eigenvalue weighted by atomic mass is 16.1. The molecular formula is C18H15NO. The lowest BCUT2D eigenvalue weighted by molar-refractivity contribution is 0.103. The molecule has 0 unspecified atom stereocenters. The first kappa shape index (κ1) is 12.4. The maximum Gasteiger partial charge on any atom is 0.195 e. The number of hydrogen-bond acceptors (Lipinski definition) is 2. The monoisotopic (exact) mass is 261 g/mol. The molecule has 0 aliphatic rings. The van der Waals surface area contributed by atoms with Gasteiger partial charge in [-0.2, -0.15) is 0 Å². The van der Waals surface area contributed by atoms with E-state index in [0.29, 0.717) is 16.8 Å². The van der Waals surface area contributed by atoms with Crippen LogP contribution in [0.1, 0.15) is 21.5 Å². The van der Waals surface area contributed by atoms with Gasteiger partial charge >= 0.3 is 0 Å². The second kappa shape index (κ2) is 4.82. The fourth-order valence-electron chi connectivity index (χ4n) is 2.45. The van der Waals surface area contributed by atoms with Crippen LogP contribution in [-0.2, 0) is 0 Å². The molecule has 0 bridgehead atoms. The first-order valence-corrected chi connectivity index (χ1v) is 6.55. The van der Waals surface area contributed by atoms with Crippen LogP contribution in [-0.4, -0.2) is 5.78 Å². The minimum atomic E-state index is -0.0356. The third-order valence-corrected chi connectivity index (χ3v) is 3.57. The van der Waals surface area contributed by atoms with Crippen molar-refractivity contribution in [3.8, 4) is 0 Å². The smallest absolute Gasteiger partial charge is 0.195 e. The summed E-state index contributed by atoms with van der Waals surface area (Å²) < 4.78 is 0. The molecule has 0 fully saturated rings. The Balaban J connectivity index is 2.11. The first-order chi connectivity index (χ1) is 9.66. The number of fused-ring (bicyclic) bond motifs is 1. The molecular weight excluding hydrogens is 246 g/mol. The molecule has 3 aromatic rings. The molecule has 3 rings (SSSR count). The van der Waals surface area contributed by atoms with Crippen LogP contribution in [0.25, 0.3) is 10.8 Å². The standard InChI is InChI=1S/C18H15NO/c1-12-5-4-6-13-11-14(9-10-15(12)13)18(20)16-7-2-3-8-17(16)19/h2-11H,19H2,1H3. The fourth-order valence-corrected chi connectivity index (χ4v) is 2.45. The second-order valence-electron chi connectivity index (χ2n) is 4.93. The average Bonchev–Trinajstić information content (AvgIpc) is 2.47. The summed E-state index contributed by atoms with van der Waals surface area (Å²) in [6.07, 6.45) is 0. The number of carbonyl (C=O) groups is 1.